The van der Waals surface area contributed by atoms with Gasteiger partial charge in [-0.3, -0.25) is 9.69 Å². The number of anilines is 3. The van der Waals surface area contributed by atoms with Gasteiger partial charge < -0.3 is 35.0 Å². The summed E-state index contributed by atoms with van der Waals surface area (Å²) in [4.78, 5) is 54.0. The fourth-order valence-corrected chi connectivity index (χ4v) is 9.84. The number of nitrogens with one attached hydrogen (secondary N) is 2. The van der Waals surface area contributed by atoms with Crippen LogP contribution in [0.5, 0.6) is 0 Å². The van der Waals surface area contributed by atoms with Crippen LogP contribution in [0.4, 0.5) is 26.4 Å². The number of rotatable bonds is 10. The summed E-state index contributed by atoms with van der Waals surface area (Å²) >= 11 is 1.43. The highest BCUT2D eigenvalue weighted by Gasteiger charge is 2.50. The van der Waals surface area contributed by atoms with E-state index < -0.39 is 29.4 Å². The first-order valence-corrected chi connectivity index (χ1v) is 22.4. The normalized spacial score (nSPS) is 20.6. The van der Waals surface area contributed by atoms with E-state index in [9.17, 15) is 14.4 Å². The Bertz CT molecular complexity index is 2330. The monoisotopic (exact) mass is 879 g/mol. The maximum atomic E-state index is 15.6. The Morgan fingerprint density at radius 2 is 1.75 bits per heavy atom. The number of benzene rings is 2. The number of aromatic carboxylic acids is 1. The number of carboxylic acid groups (broad SMARTS) is 1. The summed E-state index contributed by atoms with van der Waals surface area (Å²) in [6.45, 7) is 12.7. The van der Waals surface area contributed by atoms with Crippen molar-refractivity contribution in [1.29, 1.82) is 0 Å². The largest absolute Gasteiger partial charge is 0.476 e. The maximum Gasteiger partial charge on any atom is 0.407 e. The summed E-state index contributed by atoms with van der Waals surface area (Å²) in [6, 6.07) is 15.5. The third-order valence-electron chi connectivity index (χ3n) is 12.4. The molecule has 3 fully saturated rings. The van der Waals surface area contributed by atoms with Gasteiger partial charge in [0, 0.05) is 66.9 Å². The minimum atomic E-state index is -1.10. The Labute approximate surface area is 370 Å². The molecule has 2 amide bonds. The number of alkyl carbamates (subject to hydrolysis) is 1. The first-order chi connectivity index (χ1) is 30.2. The second-order valence-corrected chi connectivity index (χ2v) is 18.8. The van der Waals surface area contributed by atoms with Gasteiger partial charge in [-0.15, -0.1) is 5.10 Å². The van der Waals surface area contributed by atoms with Crippen molar-refractivity contribution in [3.05, 3.63) is 95.8 Å². The molecule has 63 heavy (non-hydrogen) atoms. The third-order valence-corrected chi connectivity index (χ3v) is 13.3. The van der Waals surface area contributed by atoms with E-state index in [4.69, 9.17) is 19.6 Å². The number of amides is 2. The topological polar surface area (TPSA) is 175 Å². The van der Waals surface area contributed by atoms with Crippen LogP contribution in [0.25, 0.3) is 5.57 Å². The van der Waals surface area contributed by atoms with Crippen LogP contribution in [0, 0.1) is 11.2 Å². The summed E-state index contributed by atoms with van der Waals surface area (Å²) in [5.74, 6) is -1.15. The molecule has 0 unspecified atom stereocenters. The van der Waals surface area contributed by atoms with Crippen molar-refractivity contribution in [2.24, 2.45) is 5.41 Å². The third kappa shape index (κ3) is 10.4. The molecule has 1 spiro atoms. The molecule has 0 aliphatic carbocycles. The lowest BCUT2D eigenvalue weighted by Gasteiger charge is -2.42. The van der Waals surface area contributed by atoms with Crippen LogP contribution in [0.15, 0.2) is 83.0 Å². The summed E-state index contributed by atoms with van der Waals surface area (Å²) in [5.41, 5.74) is 2.24. The van der Waals surface area contributed by atoms with Crippen LogP contribution >= 0.6 is 11.8 Å². The van der Waals surface area contributed by atoms with E-state index >= 15 is 4.39 Å². The standard InChI is InChI=1S/C46H54FN9O6S/c1-29-41(51-44(60)62-45(2,3)4)46(28-61-29)16-22-56(23-17-46)39-26-49-40(27-48-39)63-34-7-5-6-32(25-34)50-42(57)31-8-11-38(35(47)24-31)55-20-14-33(15-21-55)54-18-12-30(13-19-54)36-9-10-37(43(58)59)53-52-36/h5-12,24-27,29,33,41H,13-23,28H2,1-4H3,(H,50,57)(H,51,60)(H,58,59)/t29-,41+/m0/s1. The van der Waals surface area contributed by atoms with Crippen molar-refractivity contribution < 1.29 is 33.4 Å². The second kappa shape index (κ2) is 18.6. The van der Waals surface area contributed by atoms with Crippen molar-refractivity contribution in [1.82, 2.24) is 30.4 Å². The van der Waals surface area contributed by atoms with Crippen LogP contribution in [0.3, 0.4) is 0 Å². The van der Waals surface area contributed by atoms with Gasteiger partial charge in [0.2, 0.25) is 0 Å². The summed E-state index contributed by atoms with van der Waals surface area (Å²) < 4.78 is 27.2. The lowest BCUT2D eigenvalue weighted by Crippen LogP contribution is -2.55. The van der Waals surface area contributed by atoms with E-state index in [-0.39, 0.29) is 28.8 Å². The molecule has 6 heterocycles. The highest BCUT2D eigenvalue weighted by molar-refractivity contribution is 7.99. The van der Waals surface area contributed by atoms with Gasteiger partial charge in [0.15, 0.2) is 5.69 Å². The van der Waals surface area contributed by atoms with E-state index in [1.165, 1.54) is 23.9 Å². The SMILES string of the molecule is C[C@@H]1OCC2(CCN(c3cnc(Sc4cccc(NC(=O)c5ccc(N6CCC(N7CC=C(c8ccc(C(=O)O)nn8)CC7)CC6)c(F)c5)c4)cn3)CC2)[C@@H]1NC(=O)OC(C)(C)C. The van der Waals surface area contributed by atoms with Gasteiger partial charge in [-0.05, 0) is 114 Å². The molecule has 2 atom stereocenters. The van der Waals surface area contributed by atoms with E-state index in [0.29, 0.717) is 47.8 Å². The van der Waals surface area contributed by atoms with Crippen molar-refractivity contribution in [2.75, 3.05) is 61.0 Å². The number of aromatic nitrogens is 4. The average molecular weight is 880 g/mol. The number of hydrogen-bond donors (Lipinski definition) is 3. The highest BCUT2D eigenvalue weighted by atomic mass is 32.2. The van der Waals surface area contributed by atoms with Crippen molar-refractivity contribution >= 4 is 52.5 Å². The van der Waals surface area contributed by atoms with E-state index in [1.807, 2.05) is 50.8 Å². The molecule has 0 radical (unpaired) electrons. The number of halogens is 1. The van der Waals surface area contributed by atoms with Crippen LogP contribution in [-0.2, 0) is 9.47 Å². The molecule has 0 saturated carbocycles. The molecule has 17 heteroatoms. The zero-order valence-electron chi connectivity index (χ0n) is 36.1. The van der Waals surface area contributed by atoms with Gasteiger partial charge in [-0.2, -0.15) is 5.10 Å². The Balaban J connectivity index is 0.801. The first-order valence-electron chi connectivity index (χ1n) is 21.5. The van der Waals surface area contributed by atoms with Gasteiger partial charge in [0.05, 0.1) is 42.5 Å². The smallest absolute Gasteiger partial charge is 0.407 e. The molecule has 2 aromatic carbocycles. The number of carboxylic acids is 1. The molecule has 15 nitrogen and oxygen atoms in total. The molecule has 8 rings (SSSR count). The fourth-order valence-electron chi connectivity index (χ4n) is 9.05. The summed E-state index contributed by atoms with van der Waals surface area (Å²) in [6.07, 6.45) is 9.36. The minimum absolute atomic E-state index is 0.0731. The molecule has 4 aromatic rings. The molecule has 3 N–H and O–H groups in total. The summed E-state index contributed by atoms with van der Waals surface area (Å²) in [7, 11) is 0. The average Bonchev–Trinajstić information content (AvgIpc) is 3.56. The second-order valence-electron chi connectivity index (χ2n) is 17.8. The summed E-state index contributed by atoms with van der Waals surface area (Å²) in [5, 5.41) is 23.7. The number of ether oxygens (including phenoxy) is 2. The fraction of sp³-hybridized carbons (Fsp3) is 0.457. The Kier molecular flexibility index (Phi) is 13.0. The predicted octanol–water partition coefficient (Wildman–Crippen LogP) is 7.16. The quantitative estimate of drug-likeness (QED) is 0.146. The lowest BCUT2D eigenvalue weighted by molar-refractivity contribution is 0.0433. The number of nitrogens with zero attached hydrogens (tertiary/aromatic N) is 7. The Morgan fingerprint density at radius 3 is 2.40 bits per heavy atom. The van der Waals surface area contributed by atoms with Crippen molar-refractivity contribution in [3.63, 3.8) is 0 Å². The molecular formula is C46H54FN9O6S. The highest BCUT2D eigenvalue weighted by Crippen LogP contribution is 2.43. The van der Waals surface area contributed by atoms with E-state index in [2.05, 4.69) is 41.7 Å². The number of carbonyl (C=O) groups excluding carboxylic acids is 2. The van der Waals surface area contributed by atoms with Crippen molar-refractivity contribution in [2.45, 2.75) is 93.5 Å². The zero-order chi connectivity index (χ0) is 44.3. The Hall–Kier alpha value is -5.65. The van der Waals surface area contributed by atoms with E-state index in [0.717, 1.165) is 74.6 Å². The minimum Gasteiger partial charge on any atom is -0.476 e. The van der Waals surface area contributed by atoms with Crippen LogP contribution in [0.2, 0.25) is 0 Å². The van der Waals surface area contributed by atoms with Gasteiger partial charge in [0.25, 0.3) is 5.91 Å². The molecule has 3 saturated heterocycles. The lowest BCUT2D eigenvalue weighted by atomic mass is 9.73. The molecule has 2 aromatic heterocycles. The number of piperidine rings is 2. The number of carbonyl (C=O) groups is 3. The molecule has 4 aliphatic rings. The zero-order valence-corrected chi connectivity index (χ0v) is 36.9. The maximum absolute atomic E-state index is 15.6. The number of hydrogen-bond acceptors (Lipinski definition) is 13. The molecule has 4 aliphatic heterocycles. The molecular weight excluding hydrogens is 826 g/mol. The van der Waals surface area contributed by atoms with Gasteiger partial charge >= 0.3 is 12.1 Å². The first kappa shape index (κ1) is 44.0. The predicted molar refractivity (Wildman–Crippen MR) is 238 cm³/mol. The van der Waals surface area contributed by atoms with E-state index in [1.54, 1.807) is 36.7 Å². The van der Waals surface area contributed by atoms with Crippen molar-refractivity contribution in [3.8, 4) is 0 Å². The van der Waals surface area contributed by atoms with Crippen LogP contribution in [-0.4, -0.2) is 118 Å². The Morgan fingerprint density at radius 1 is 0.952 bits per heavy atom. The molecule has 332 valence electrons. The molecule has 0 bridgehead atoms. The van der Waals surface area contributed by atoms with Gasteiger partial charge in [-0.1, -0.05) is 23.9 Å². The van der Waals surface area contributed by atoms with Gasteiger partial charge in [-0.25, -0.2) is 23.9 Å². The van der Waals surface area contributed by atoms with Crippen LogP contribution < -0.4 is 20.4 Å². The van der Waals surface area contributed by atoms with Crippen LogP contribution in [0.1, 0.15) is 86.3 Å². The van der Waals surface area contributed by atoms with Gasteiger partial charge in [0.1, 0.15) is 22.3 Å².